The van der Waals surface area contributed by atoms with Crippen LogP contribution in [-0.4, -0.2) is 72.6 Å². The van der Waals surface area contributed by atoms with Gasteiger partial charge < -0.3 is 18.6 Å². The lowest BCUT2D eigenvalue weighted by atomic mass is 10.3. The van der Waals surface area contributed by atoms with E-state index in [9.17, 15) is 14.4 Å². The zero-order valence-corrected chi connectivity index (χ0v) is 18.3. The van der Waals surface area contributed by atoms with E-state index in [2.05, 4.69) is 15.3 Å². The summed E-state index contributed by atoms with van der Waals surface area (Å²) in [5.41, 5.74) is 1.59. The number of hydrogen-bond acceptors (Lipinski definition) is 8. The fourth-order valence-electron chi connectivity index (χ4n) is 3.70. The van der Waals surface area contributed by atoms with Gasteiger partial charge >= 0.3 is 5.76 Å². The van der Waals surface area contributed by atoms with Crippen molar-refractivity contribution in [2.45, 2.75) is 13.5 Å². The molecule has 0 unspecified atom stereocenters. The number of hydrogen-bond donors (Lipinski definition) is 0. The van der Waals surface area contributed by atoms with Gasteiger partial charge in [-0.15, -0.1) is 10.2 Å². The van der Waals surface area contributed by atoms with Gasteiger partial charge in [-0.05, 0) is 31.2 Å². The van der Waals surface area contributed by atoms with Crippen LogP contribution in [0, 0.1) is 6.92 Å². The summed E-state index contributed by atoms with van der Waals surface area (Å²) in [6, 6.07) is 12.6. The first-order valence-electron chi connectivity index (χ1n) is 10.7. The first-order valence-corrected chi connectivity index (χ1v) is 10.7. The van der Waals surface area contributed by atoms with Crippen molar-refractivity contribution >= 4 is 11.8 Å². The van der Waals surface area contributed by atoms with Gasteiger partial charge in [0.2, 0.25) is 5.91 Å². The van der Waals surface area contributed by atoms with Gasteiger partial charge in [0.15, 0.2) is 11.5 Å². The van der Waals surface area contributed by atoms with E-state index in [4.69, 9.17) is 8.83 Å². The number of aromatic nitrogens is 5. The smallest absolute Gasteiger partial charge is 0.437 e. The minimum Gasteiger partial charge on any atom is -0.459 e. The molecule has 12 nitrogen and oxygen atoms in total. The molecule has 0 radical (unpaired) electrons. The number of piperazine rings is 1. The highest BCUT2D eigenvalue weighted by Gasteiger charge is 2.27. The number of para-hydroxylation sites is 1. The lowest BCUT2D eigenvalue weighted by molar-refractivity contribution is -0.133. The zero-order chi connectivity index (χ0) is 23.7. The summed E-state index contributed by atoms with van der Waals surface area (Å²) in [5.74, 6) is -1.01. The Kier molecular flexibility index (Phi) is 5.54. The van der Waals surface area contributed by atoms with Crippen LogP contribution in [-0.2, 0) is 11.3 Å². The minimum absolute atomic E-state index is 0.00801. The molecule has 1 aromatic carbocycles. The Hall–Kier alpha value is -4.48. The molecule has 2 amide bonds. The average Bonchev–Trinajstić information content (AvgIpc) is 3.60. The standard InChI is InChI=1S/C22H21N7O5/c1-15-19(24-29(23-15)16-6-3-2-4-7-16)20-25-28(22(32)34-20)14-18(30)26-9-11-27(12-10-26)21(31)17-8-5-13-33-17/h2-8,13H,9-12,14H2,1H3. The largest absolute Gasteiger partial charge is 0.459 e. The highest BCUT2D eigenvalue weighted by atomic mass is 16.4. The van der Waals surface area contributed by atoms with Gasteiger partial charge in [-0.2, -0.15) is 14.6 Å². The summed E-state index contributed by atoms with van der Waals surface area (Å²) in [4.78, 5) is 42.1. The van der Waals surface area contributed by atoms with E-state index in [1.54, 1.807) is 28.9 Å². The number of carbonyl (C=O) groups excluding carboxylic acids is 2. The van der Waals surface area contributed by atoms with E-state index in [-0.39, 0.29) is 30.0 Å². The second-order valence-corrected chi connectivity index (χ2v) is 7.74. The highest BCUT2D eigenvalue weighted by Crippen LogP contribution is 2.18. The maximum Gasteiger partial charge on any atom is 0.437 e. The molecule has 3 aromatic heterocycles. The topological polar surface area (TPSA) is 132 Å². The van der Waals surface area contributed by atoms with Crippen LogP contribution in [0.15, 0.2) is 62.4 Å². The maximum atomic E-state index is 12.8. The predicted molar refractivity (Wildman–Crippen MR) is 117 cm³/mol. The molecule has 1 aliphatic rings. The van der Waals surface area contributed by atoms with Crippen LogP contribution >= 0.6 is 0 Å². The molecule has 1 aliphatic heterocycles. The predicted octanol–water partition coefficient (Wildman–Crippen LogP) is 0.970. The Bertz CT molecular complexity index is 1360. The normalized spacial score (nSPS) is 13.9. The van der Waals surface area contributed by atoms with Gasteiger partial charge in [0.1, 0.15) is 6.54 Å². The van der Waals surface area contributed by atoms with E-state index in [1.807, 2.05) is 30.3 Å². The second-order valence-electron chi connectivity index (χ2n) is 7.74. The summed E-state index contributed by atoms with van der Waals surface area (Å²) >= 11 is 0. The van der Waals surface area contributed by atoms with Crippen LogP contribution in [0.2, 0.25) is 0 Å². The molecular formula is C22H21N7O5. The van der Waals surface area contributed by atoms with Crippen molar-refractivity contribution in [1.29, 1.82) is 0 Å². The summed E-state index contributed by atoms with van der Waals surface area (Å²) < 4.78 is 11.4. The Labute approximate surface area is 193 Å². The number of furan rings is 1. The summed E-state index contributed by atoms with van der Waals surface area (Å²) in [6.07, 6.45) is 1.45. The second kappa shape index (κ2) is 8.81. The summed E-state index contributed by atoms with van der Waals surface area (Å²) in [7, 11) is 0. The first-order chi connectivity index (χ1) is 16.5. The monoisotopic (exact) mass is 463 g/mol. The molecule has 12 heteroatoms. The van der Waals surface area contributed by atoms with Gasteiger partial charge in [0, 0.05) is 26.2 Å². The van der Waals surface area contributed by atoms with Crippen molar-refractivity contribution in [2.75, 3.05) is 26.2 Å². The maximum absolute atomic E-state index is 12.8. The Morgan fingerprint density at radius 3 is 2.38 bits per heavy atom. The van der Waals surface area contributed by atoms with Crippen LogP contribution in [0.5, 0.6) is 0 Å². The third-order valence-electron chi connectivity index (χ3n) is 5.51. The number of aryl methyl sites for hydroxylation is 1. The summed E-state index contributed by atoms with van der Waals surface area (Å²) in [6.45, 7) is 2.87. The van der Waals surface area contributed by atoms with Gasteiger partial charge in [-0.1, -0.05) is 18.2 Å². The van der Waals surface area contributed by atoms with E-state index in [0.717, 1.165) is 10.4 Å². The number of benzene rings is 1. The van der Waals surface area contributed by atoms with Gasteiger partial charge in [0.05, 0.1) is 17.6 Å². The SMILES string of the molecule is Cc1nn(-c2ccccc2)nc1-c1nn(CC(=O)N2CCN(C(=O)c3ccco3)CC2)c(=O)o1. The number of carbonyl (C=O) groups is 2. The minimum atomic E-state index is -0.761. The van der Waals surface area contributed by atoms with Crippen molar-refractivity contribution in [3.05, 3.63) is 70.7 Å². The van der Waals surface area contributed by atoms with E-state index in [1.165, 1.54) is 11.1 Å². The fourth-order valence-corrected chi connectivity index (χ4v) is 3.70. The van der Waals surface area contributed by atoms with E-state index < -0.39 is 5.76 Å². The number of nitrogens with zero attached hydrogens (tertiary/aromatic N) is 7. The highest BCUT2D eigenvalue weighted by molar-refractivity contribution is 5.91. The molecular weight excluding hydrogens is 442 g/mol. The lowest BCUT2D eigenvalue weighted by Gasteiger charge is -2.34. The van der Waals surface area contributed by atoms with Crippen LogP contribution in [0.25, 0.3) is 17.3 Å². The van der Waals surface area contributed by atoms with Crippen molar-refractivity contribution in [2.24, 2.45) is 0 Å². The van der Waals surface area contributed by atoms with Crippen LogP contribution in [0.4, 0.5) is 0 Å². The van der Waals surface area contributed by atoms with Crippen molar-refractivity contribution < 1.29 is 18.4 Å². The van der Waals surface area contributed by atoms with Crippen LogP contribution < -0.4 is 5.76 Å². The third kappa shape index (κ3) is 4.12. The van der Waals surface area contributed by atoms with Crippen molar-refractivity contribution in [3.8, 4) is 17.3 Å². The Balaban J connectivity index is 1.25. The molecule has 0 atom stereocenters. The molecule has 0 saturated carbocycles. The van der Waals surface area contributed by atoms with E-state index in [0.29, 0.717) is 37.6 Å². The van der Waals surface area contributed by atoms with Crippen LogP contribution in [0.1, 0.15) is 16.2 Å². The molecule has 0 spiro atoms. The zero-order valence-electron chi connectivity index (χ0n) is 18.3. The fraction of sp³-hybridized carbons (Fsp3) is 0.273. The molecule has 1 fully saturated rings. The molecule has 174 valence electrons. The van der Waals surface area contributed by atoms with Gasteiger partial charge in [-0.3, -0.25) is 9.59 Å². The Morgan fingerprint density at radius 2 is 1.68 bits per heavy atom. The number of amides is 2. The average molecular weight is 463 g/mol. The molecule has 34 heavy (non-hydrogen) atoms. The number of rotatable bonds is 5. The molecule has 5 rings (SSSR count). The van der Waals surface area contributed by atoms with Gasteiger partial charge in [-0.25, -0.2) is 4.79 Å². The quantitative estimate of drug-likeness (QED) is 0.428. The van der Waals surface area contributed by atoms with E-state index >= 15 is 0 Å². The van der Waals surface area contributed by atoms with Crippen LogP contribution in [0.3, 0.4) is 0 Å². The van der Waals surface area contributed by atoms with Gasteiger partial charge in [0.25, 0.3) is 11.8 Å². The van der Waals surface area contributed by atoms with Crippen molar-refractivity contribution in [1.82, 2.24) is 34.6 Å². The Morgan fingerprint density at radius 1 is 0.941 bits per heavy atom. The molecule has 0 bridgehead atoms. The third-order valence-corrected chi connectivity index (χ3v) is 5.51. The lowest BCUT2D eigenvalue weighted by Crippen LogP contribution is -2.51. The molecule has 1 saturated heterocycles. The molecule has 0 N–H and O–H groups in total. The molecule has 4 aromatic rings. The molecule has 0 aliphatic carbocycles. The first kappa shape index (κ1) is 21.4. The summed E-state index contributed by atoms with van der Waals surface area (Å²) in [5, 5.41) is 12.9. The molecule has 4 heterocycles. The van der Waals surface area contributed by atoms with Crippen molar-refractivity contribution in [3.63, 3.8) is 0 Å².